The highest BCUT2D eigenvalue weighted by Gasteiger charge is 2.17. The van der Waals surface area contributed by atoms with Crippen LogP contribution in [0.1, 0.15) is 24.9 Å². The van der Waals surface area contributed by atoms with Crippen LogP contribution in [-0.4, -0.2) is 32.0 Å². The van der Waals surface area contributed by atoms with Gasteiger partial charge in [-0.25, -0.2) is 4.68 Å². The number of nitrogens with zero attached hydrogens (tertiary/aromatic N) is 4. The maximum absolute atomic E-state index is 12.3. The number of para-hydroxylation sites is 1. The van der Waals surface area contributed by atoms with Crippen LogP contribution in [0.15, 0.2) is 61.2 Å². The second-order valence-corrected chi connectivity index (χ2v) is 5.58. The Morgan fingerprint density at radius 1 is 1.21 bits per heavy atom. The Kier molecular flexibility index (Phi) is 5.05. The minimum Gasteiger partial charge on any atom is -0.354 e. The van der Waals surface area contributed by atoms with E-state index in [0.717, 1.165) is 17.7 Å². The number of hydrogen-bond acceptors (Lipinski definition) is 3. The molecule has 124 valence electrons. The molecule has 0 aliphatic carbocycles. The fourth-order valence-electron chi connectivity index (χ4n) is 2.62. The number of hydrogen-bond donors (Lipinski definition) is 1. The van der Waals surface area contributed by atoms with Crippen LogP contribution in [0.2, 0.25) is 0 Å². The van der Waals surface area contributed by atoms with Gasteiger partial charge in [0.25, 0.3) is 0 Å². The smallest absolute Gasteiger partial charge is 0.244 e. The Morgan fingerprint density at radius 2 is 2.04 bits per heavy atom. The molecule has 6 nitrogen and oxygen atoms in total. The lowest BCUT2D eigenvalue weighted by Gasteiger charge is -2.15. The fourth-order valence-corrected chi connectivity index (χ4v) is 2.62. The van der Waals surface area contributed by atoms with Crippen LogP contribution >= 0.6 is 0 Å². The van der Waals surface area contributed by atoms with Crippen molar-refractivity contribution in [2.75, 3.05) is 6.54 Å². The second-order valence-electron chi connectivity index (χ2n) is 5.58. The summed E-state index contributed by atoms with van der Waals surface area (Å²) in [5.41, 5.74) is 2.11. The molecule has 0 radical (unpaired) electrons. The van der Waals surface area contributed by atoms with Crippen LogP contribution in [0.4, 0.5) is 0 Å². The Hall–Kier alpha value is -2.89. The summed E-state index contributed by atoms with van der Waals surface area (Å²) in [6.45, 7) is 2.56. The first-order chi connectivity index (χ1) is 11.8. The summed E-state index contributed by atoms with van der Waals surface area (Å²) in [7, 11) is 0. The van der Waals surface area contributed by atoms with Gasteiger partial charge < -0.3 is 5.32 Å². The molecule has 6 heteroatoms. The molecule has 2 heterocycles. The molecule has 0 spiro atoms. The van der Waals surface area contributed by atoms with Crippen LogP contribution in [0.25, 0.3) is 5.69 Å². The van der Waals surface area contributed by atoms with E-state index in [1.54, 1.807) is 10.9 Å². The summed E-state index contributed by atoms with van der Waals surface area (Å²) >= 11 is 0. The Morgan fingerprint density at radius 3 is 2.75 bits per heavy atom. The highest BCUT2D eigenvalue weighted by molar-refractivity contribution is 5.80. The first-order valence-corrected chi connectivity index (χ1v) is 8.13. The van der Waals surface area contributed by atoms with Crippen molar-refractivity contribution < 1.29 is 4.79 Å². The topological polar surface area (TPSA) is 64.7 Å². The third-order valence-electron chi connectivity index (χ3n) is 3.90. The highest BCUT2D eigenvalue weighted by atomic mass is 16.2. The summed E-state index contributed by atoms with van der Waals surface area (Å²) < 4.78 is 3.54. The van der Waals surface area contributed by atoms with E-state index in [1.807, 2.05) is 66.6 Å². The molecule has 1 aromatic carbocycles. The van der Waals surface area contributed by atoms with Crippen molar-refractivity contribution in [3.63, 3.8) is 0 Å². The monoisotopic (exact) mass is 323 g/mol. The molecule has 3 aromatic rings. The van der Waals surface area contributed by atoms with Crippen LogP contribution in [0.5, 0.6) is 0 Å². The van der Waals surface area contributed by atoms with Gasteiger partial charge in [0, 0.05) is 25.1 Å². The molecule has 0 unspecified atom stereocenters. The quantitative estimate of drug-likeness (QED) is 0.726. The van der Waals surface area contributed by atoms with E-state index >= 15 is 0 Å². The first-order valence-electron chi connectivity index (χ1n) is 8.13. The van der Waals surface area contributed by atoms with E-state index in [4.69, 9.17) is 0 Å². The van der Waals surface area contributed by atoms with Gasteiger partial charge >= 0.3 is 0 Å². The van der Waals surface area contributed by atoms with E-state index in [1.165, 1.54) is 0 Å². The van der Waals surface area contributed by atoms with Gasteiger partial charge in [-0.15, -0.1) is 0 Å². The molecule has 1 N–H and O–H groups in total. The molecule has 3 rings (SSSR count). The number of benzene rings is 1. The van der Waals surface area contributed by atoms with Crippen molar-refractivity contribution in [1.82, 2.24) is 24.9 Å². The molecule has 1 atom stereocenters. The third kappa shape index (κ3) is 3.71. The predicted molar refractivity (Wildman–Crippen MR) is 91.8 cm³/mol. The minimum absolute atomic E-state index is 0.00310. The molecule has 0 aliphatic rings. The Labute approximate surface area is 141 Å². The minimum atomic E-state index is -0.257. The van der Waals surface area contributed by atoms with E-state index in [0.29, 0.717) is 13.0 Å². The van der Waals surface area contributed by atoms with Crippen LogP contribution in [0, 0.1) is 0 Å². The van der Waals surface area contributed by atoms with Crippen molar-refractivity contribution in [3.8, 4) is 5.69 Å². The maximum Gasteiger partial charge on any atom is 0.244 e. The number of carbonyl (C=O) groups excluding carboxylic acids is 1. The first kappa shape index (κ1) is 16.0. The van der Waals surface area contributed by atoms with Crippen molar-refractivity contribution in [3.05, 3.63) is 66.7 Å². The predicted octanol–water partition coefficient (Wildman–Crippen LogP) is 2.38. The van der Waals surface area contributed by atoms with Crippen molar-refractivity contribution in [2.24, 2.45) is 0 Å². The van der Waals surface area contributed by atoms with Crippen LogP contribution < -0.4 is 5.32 Å². The molecule has 2 aromatic heterocycles. The van der Waals surface area contributed by atoms with E-state index in [-0.39, 0.29) is 11.9 Å². The zero-order valence-corrected chi connectivity index (χ0v) is 13.7. The number of carbonyl (C=O) groups is 1. The van der Waals surface area contributed by atoms with Gasteiger partial charge in [-0.3, -0.25) is 9.48 Å². The standard InChI is InChI=1S/C18H21N5O/c1-2-17(22-12-6-10-20-22)18(24)19-11-9-15-13-21-23(14-15)16-7-4-3-5-8-16/h3-8,10,12-14,17H,2,9,11H2,1H3,(H,19,24)/t17-/m0/s1. The maximum atomic E-state index is 12.3. The van der Waals surface area contributed by atoms with Crippen molar-refractivity contribution in [2.45, 2.75) is 25.8 Å². The lowest BCUT2D eigenvalue weighted by molar-refractivity contribution is -0.124. The number of nitrogens with one attached hydrogen (secondary N) is 1. The molecule has 0 bridgehead atoms. The van der Waals surface area contributed by atoms with Gasteiger partial charge in [0.1, 0.15) is 6.04 Å². The SMILES string of the molecule is CC[C@@H](C(=O)NCCc1cnn(-c2ccccc2)c1)n1cccn1. The average Bonchev–Trinajstić information content (AvgIpc) is 3.28. The average molecular weight is 323 g/mol. The third-order valence-corrected chi connectivity index (χ3v) is 3.90. The molecule has 24 heavy (non-hydrogen) atoms. The van der Waals surface area contributed by atoms with Gasteiger partial charge in [0.05, 0.1) is 11.9 Å². The van der Waals surface area contributed by atoms with E-state index in [2.05, 4.69) is 15.5 Å². The zero-order chi connectivity index (χ0) is 16.8. The summed E-state index contributed by atoms with van der Waals surface area (Å²) in [5, 5.41) is 11.5. The highest BCUT2D eigenvalue weighted by Crippen LogP contribution is 2.10. The molecular weight excluding hydrogens is 302 g/mol. The molecule has 0 saturated carbocycles. The van der Waals surface area contributed by atoms with Gasteiger partial charge in [0.2, 0.25) is 5.91 Å². The summed E-state index contributed by atoms with van der Waals surface area (Å²) in [4.78, 5) is 12.3. The number of rotatable bonds is 7. The number of amides is 1. The van der Waals surface area contributed by atoms with Gasteiger partial charge in [-0.2, -0.15) is 10.2 Å². The van der Waals surface area contributed by atoms with Crippen molar-refractivity contribution in [1.29, 1.82) is 0 Å². The number of aromatic nitrogens is 4. The second kappa shape index (κ2) is 7.59. The molecule has 1 amide bonds. The summed E-state index contributed by atoms with van der Waals surface area (Å²) in [6.07, 6.45) is 8.79. The van der Waals surface area contributed by atoms with E-state index in [9.17, 15) is 4.79 Å². The fraction of sp³-hybridized carbons (Fsp3) is 0.278. The Bertz CT molecular complexity index is 764. The summed E-state index contributed by atoms with van der Waals surface area (Å²) in [5.74, 6) is -0.00310. The zero-order valence-electron chi connectivity index (χ0n) is 13.7. The van der Waals surface area contributed by atoms with Crippen LogP contribution in [0.3, 0.4) is 0 Å². The van der Waals surface area contributed by atoms with Gasteiger partial charge in [0.15, 0.2) is 0 Å². The van der Waals surface area contributed by atoms with Gasteiger partial charge in [-0.1, -0.05) is 25.1 Å². The summed E-state index contributed by atoms with van der Waals surface area (Å²) in [6, 6.07) is 11.5. The molecular formula is C18H21N5O. The van der Waals surface area contributed by atoms with E-state index < -0.39 is 0 Å². The lowest BCUT2D eigenvalue weighted by Crippen LogP contribution is -2.33. The molecule has 0 saturated heterocycles. The Balaban J connectivity index is 1.53. The lowest BCUT2D eigenvalue weighted by atomic mass is 10.2. The molecule has 0 aliphatic heterocycles. The van der Waals surface area contributed by atoms with Gasteiger partial charge in [-0.05, 0) is 36.6 Å². The largest absolute Gasteiger partial charge is 0.354 e. The normalized spacial score (nSPS) is 12.0. The van der Waals surface area contributed by atoms with Crippen molar-refractivity contribution >= 4 is 5.91 Å². The molecule has 0 fully saturated rings. The van der Waals surface area contributed by atoms with Crippen LogP contribution in [-0.2, 0) is 11.2 Å².